The van der Waals surface area contributed by atoms with Crippen LogP contribution in [0, 0.1) is 0 Å². The standard InChI is InChI=1S/C21H20O.CH2O3/c1-21(2,16-10-4-3-5-11-16)19-14-8-6-12-17(19)18-13-7-9-15-20(18)22;2-1(3)4/h3-15,22H,1-2H3;(H2,2,3,4). The molecule has 4 heteroatoms. The lowest BCUT2D eigenvalue weighted by molar-refractivity contribution is 0.137. The molecule has 0 saturated heterocycles. The van der Waals surface area contributed by atoms with Gasteiger partial charge in [-0.25, -0.2) is 4.79 Å². The van der Waals surface area contributed by atoms with E-state index < -0.39 is 6.16 Å². The summed E-state index contributed by atoms with van der Waals surface area (Å²) in [6.45, 7) is 4.45. The fraction of sp³-hybridized carbons (Fsp3) is 0.136. The second-order valence-corrected chi connectivity index (χ2v) is 6.34. The van der Waals surface area contributed by atoms with Crippen LogP contribution in [0.25, 0.3) is 11.1 Å². The van der Waals surface area contributed by atoms with E-state index in [-0.39, 0.29) is 5.41 Å². The monoisotopic (exact) mass is 350 g/mol. The van der Waals surface area contributed by atoms with E-state index in [9.17, 15) is 5.11 Å². The summed E-state index contributed by atoms with van der Waals surface area (Å²) >= 11 is 0. The third kappa shape index (κ3) is 4.42. The van der Waals surface area contributed by atoms with Crippen LogP contribution in [0.2, 0.25) is 0 Å². The van der Waals surface area contributed by atoms with Crippen molar-refractivity contribution in [1.82, 2.24) is 0 Å². The summed E-state index contributed by atoms with van der Waals surface area (Å²) in [6, 6.07) is 26.3. The summed E-state index contributed by atoms with van der Waals surface area (Å²) in [5.74, 6) is 0.318. The molecule has 0 saturated carbocycles. The molecule has 0 aliphatic heterocycles. The van der Waals surface area contributed by atoms with Gasteiger partial charge in [-0.15, -0.1) is 0 Å². The lowest BCUT2D eigenvalue weighted by atomic mass is 9.75. The normalized spacial score (nSPS) is 10.5. The van der Waals surface area contributed by atoms with Gasteiger partial charge in [0.1, 0.15) is 5.75 Å². The van der Waals surface area contributed by atoms with Crippen molar-refractivity contribution in [2.45, 2.75) is 19.3 Å². The highest BCUT2D eigenvalue weighted by atomic mass is 16.6. The molecular formula is C22H22O4. The van der Waals surface area contributed by atoms with Crippen molar-refractivity contribution in [3.05, 3.63) is 90.0 Å². The number of carbonyl (C=O) groups is 1. The Morgan fingerprint density at radius 2 is 1.19 bits per heavy atom. The maximum absolute atomic E-state index is 10.2. The fourth-order valence-electron chi connectivity index (χ4n) is 2.97. The molecule has 134 valence electrons. The Kier molecular flexibility index (Phi) is 6.02. The van der Waals surface area contributed by atoms with Crippen LogP contribution in [0.3, 0.4) is 0 Å². The molecule has 3 aromatic carbocycles. The summed E-state index contributed by atoms with van der Waals surface area (Å²) in [4.78, 5) is 8.56. The minimum absolute atomic E-state index is 0.139. The van der Waals surface area contributed by atoms with E-state index in [4.69, 9.17) is 15.0 Å². The number of carboxylic acid groups (broad SMARTS) is 2. The molecule has 0 radical (unpaired) electrons. The minimum atomic E-state index is -1.83. The second-order valence-electron chi connectivity index (χ2n) is 6.34. The molecule has 3 aromatic rings. The van der Waals surface area contributed by atoms with Crippen molar-refractivity contribution in [3.8, 4) is 16.9 Å². The number of phenolic OH excluding ortho intramolecular Hbond substituents is 1. The number of benzene rings is 3. The van der Waals surface area contributed by atoms with Gasteiger partial charge in [0.25, 0.3) is 0 Å². The zero-order valence-corrected chi connectivity index (χ0v) is 14.8. The van der Waals surface area contributed by atoms with Crippen LogP contribution in [0.15, 0.2) is 78.9 Å². The van der Waals surface area contributed by atoms with E-state index in [1.54, 1.807) is 6.07 Å². The predicted molar refractivity (Wildman–Crippen MR) is 103 cm³/mol. The molecule has 0 aliphatic rings. The molecule has 3 N–H and O–H groups in total. The van der Waals surface area contributed by atoms with Crippen LogP contribution in [0.5, 0.6) is 5.75 Å². The SMILES string of the molecule is CC(C)(c1ccccc1)c1ccccc1-c1ccccc1O.O=C(O)O. The number of phenols is 1. The number of hydrogen-bond acceptors (Lipinski definition) is 2. The summed E-state index contributed by atoms with van der Waals surface area (Å²) in [7, 11) is 0. The van der Waals surface area contributed by atoms with E-state index in [0.717, 1.165) is 11.1 Å². The Morgan fingerprint density at radius 1 is 0.731 bits per heavy atom. The van der Waals surface area contributed by atoms with Crippen molar-refractivity contribution in [1.29, 1.82) is 0 Å². The Balaban J connectivity index is 0.000000552. The molecule has 0 bridgehead atoms. The average molecular weight is 350 g/mol. The molecule has 0 atom stereocenters. The number of rotatable bonds is 3. The molecule has 0 heterocycles. The van der Waals surface area contributed by atoms with Crippen molar-refractivity contribution < 1.29 is 20.1 Å². The number of para-hydroxylation sites is 1. The average Bonchev–Trinajstić information content (AvgIpc) is 2.62. The molecule has 0 unspecified atom stereocenters. The summed E-state index contributed by atoms with van der Waals surface area (Å²) < 4.78 is 0. The lowest BCUT2D eigenvalue weighted by Gasteiger charge is -2.29. The van der Waals surface area contributed by atoms with E-state index >= 15 is 0 Å². The number of aromatic hydroxyl groups is 1. The maximum atomic E-state index is 10.2. The smallest absolute Gasteiger partial charge is 0.503 e. The van der Waals surface area contributed by atoms with Crippen LogP contribution in [-0.2, 0) is 5.41 Å². The molecule has 26 heavy (non-hydrogen) atoms. The van der Waals surface area contributed by atoms with Crippen LogP contribution >= 0.6 is 0 Å². The van der Waals surface area contributed by atoms with Gasteiger partial charge in [0.2, 0.25) is 0 Å². The molecule has 4 nitrogen and oxygen atoms in total. The molecule has 0 aliphatic carbocycles. The zero-order chi connectivity index (χ0) is 19.2. The highest BCUT2D eigenvalue weighted by Gasteiger charge is 2.26. The van der Waals surface area contributed by atoms with Gasteiger partial charge in [0.15, 0.2) is 0 Å². The molecule has 0 spiro atoms. The van der Waals surface area contributed by atoms with Gasteiger partial charge < -0.3 is 15.3 Å². The minimum Gasteiger partial charge on any atom is -0.507 e. The van der Waals surface area contributed by atoms with Crippen LogP contribution in [0.1, 0.15) is 25.0 Å². The quantitative estimate of drug-likeness (QED) is 0.574. The largest absolute Gasteiger partial charge is 0.507 e. The van der Waals surface area contributed by atoms with E-state index in [1.807, 2.05) is 30.3 Å². The first-order valence-electron chi connectivity index (χ1n) is 8.19. The first-order valence-corrected chi connectivity index (χ1v) is 8.19. The van der Waals surface area contributed by atoms with Crippen molar-refractivity contribution in [2.24, 2.45) is 0 Å². The summed E-state index contributed by atoms with van der Waals surface area (Å²) in [5.41, 5.74) is 4.29. The Bertz CT molecular complexity index is 866. The molecular weight excluding hydrogens is 328 g/mol. The third-order valence-corrected chi connectivity index (χ3v) is 4.29. The Labute approximate surface area is 153 Å². The first kappa shape index (κ1) is 19.1. The highest BCUT2D eigenvalue weighted by molar-refractivity contribution is 5.74. The van der Waals surface area contributed by atoms with E-state index in [0.29, 0.717) is 5.75 Å². The van der Waals surface area contributed by atoms with Gasteiger partial charge in [0.05, 0.1) is 0 Å². The van der Waals surface area contributed by atoms with Gasteiger partial charge in [0, 0.05) is 11.0 Å². The van der Waals surface area contributed by atoms with Gasteiger partial charge in [-0.05, 0) is 22.8 Å². The van der Waals surface area contributed by atoms with Gasteiger partial charge in [-0.3, -0.25) is 0 Å². The van der Waals surface area contributed by atoms with Crippen LogP contribution in [0.4, 0.5) is 4.79 Å². The van der Waals surface area contributed by atoms with Crippen molar-refractivity contribution >= 4 is 6.16 Å². The molecule has 0 fully saturated rings. The summed E-state index contributed by atoms with van der Waals surface area (Å²) in [5, 5.41) is 24.2. The zero-order valence-electron chi connectivity index (χ0n) is 14.8. The molecule has 0 amide bonds. The third-order valence-electron chi connectivity index (χ3n) is 4.29. The van der Waals surface area contributed by atoms with Crippen LogP contribution in [-0.4, -0.2) is 21.5 Å². The fourth-order valence-corrected chi connectivity index (χ4v) is 2.97. The van der Waals surface area contributed by atoms with Crippen molar-refractivity contribution in [2.75, 3.05) is 0 Å². The van der Waals surface area contributed by atoms with Gasteiger partial charge in [-0.1, -0.05) is 86.6 Å². The predicted octanol–water partition coefficient (Wildman–Crippen LogP) is 5.61. The molecule has 3 rings (SSSR count). The maximum Gasteiger partial charge on any atom is 0.503 e. The Hall–Kier alpha value is -3.27. The number of hydrogen-bond donors (Lipinski definition) is 3. The highest BCUT2D eigenvalue weighted by Crippen LogP contribution is 2.40. The topological polar surface area (TPSA) is 77.8 Å². The van der Waals surface area contributed by atoms with E-state index in [1.165, 1.54) is 11.1 Å². The van der Waals surface area contributed by atoms with E-state index in [2.05, 4.69) is 56.3 Å². The second kappa shape index (κ2) is 8.21. The van der Waals surface area contributed by atoms with Gasteiger partial charge >= 0.3 is 6.16 Å². The Morgan fingerprint density at radius 3 is 1.77 bits per heavy atom. The molecule has 0 aromatic heterocycles. The first-order chi connectivity index (χ1) is 12.3. The lowest BCUT2D eigenvalue weighted by Crippen LogP contribution is -2.19. The van der Waals surface area contributed by atoms with Crippen molar-refractivity contribution in [3.63, 3.8) is 0 Å². The van der Waals surface area contributed by atoms with Gasteiger partial charge in [-0.2, -0.15) is 0 Å². The van der Waals surface area contributed by atoms with Crippen LogP contribution < -0.4 is 0 Å². The summed E-state index contributed by atoms with van der Waals surface area (Å²) in [6.07, 6.45) is -1.83.